The summed E-state index contributed by atoms with van der Waals surface area (Å²) in [5.41, 5.74) is 0.732. The van der Waals surface area contributed by atoms with Gasteiger partial charge in [0.2, 0.25) is 5.91 Å². The van der Waals surface area contributed by atoms with Gasteiger partial charge in [-0.05, 0) is 36.4 Å². The van der Waals surface area contributed by atoms with Crippen molar-refractivity contribution >= 4 is 35.2 Å². The van der Waals surface area contributed by atoms with Crippen LogP contribution in [0.2, 0.25) is 0 Å². The Morgan fingerprint density at radius 3 is 2.32 bits per heavy atom. The van der Waals surface area contributed by atoms with Gasteiger partial charge >= 0.3 is 5.97 Å². The first-order chi connectivity index (χ1) is 14.9. The van der Waals surface area contributed by atoms with Gasteiger partial charge < -0.3 is 15.0 Å². The standard InChI is InChI=1S/C23H23FN2O4S/c1-3-13-26(14-4-2)22(28)15-30-23(29)19-7-5-6-8-20(19)31-16-21(27)25-18-11-9-17(24)10-12-18/h3-12H,1-2,13-16H2,(H,25,27). The molecule has 0 radical (unpaired) electrons. The third kappa shape index (κ3) is 7.75. The summed E-state index contributed by atoms with van der Waals surface area (Å²) in [6.07, 6.45) is 3.15. The zero-order valence-electron chi connectivity index (χ0n) is 16.9. The van der Waals surface area contributed by atoms with Gasteiger partial charge in [0.05, 0.1) is 11.3 Å². The number of nitrogens with one attached hydrogen (secondary N) is 1. The molecular formula is C23H23FN2O4S. The van der Waals surface area contributed by atoms with Gasteiger partial charge in [-0.15, -0.1) is 24.9 Å². The molecule has 0 bridgehead atoms. The van der Waals surface area contributed by atoms with E-state index in [1.165, 1.54) is 29.2 Å². The van der Waals surface area contributed by atoms with E-state index in [-0.39, 0.29) is 23.1 Å². The van der Waals surface area contributed by atoms with Gasteiger partial charge in [0.25, 0.3) is 5.91 Å². The number of ether oxygens (including phenoxy) is 1. The van der Waals surface area contributed by atoms with Crippen molar-refractivity contribution in [1.82, 2.24) is 4.90 Å². The van der Waals surface area contributed by atoms with Crippen LogP contribution in [0.3, 0.4) is 0 Å². The van der Waals surface area contributed by atoms with Crippen LogP contribution >= 0.6 is 11.8 Å². The van der Waals surface area contributed by atoms with E-state index in [1.807, 2.05) is 0 Å². The molecule has 0 spiro atoms. The Hall–Kier alpha value is -3.39. The molecule has 6 nitrogen and oxygen atoms in total. The summed E-state index contributed by atoms with van der Waals surface area (Å²) >= 11 is 1.15. The van der Waals surface area contributed by atoms with Crippen molar-refractivity contribution in [3.8, 4) is 0 Å². The molecule has 2 rings (SSSR count). The van der Waals surface area contributed by atoms with Crippen LogP contribution in [0.1, 0.15) is 10.4 Å². The molecule has 0 aliphatic rings. The van der Waals surface area contributed by atoms with Gasteiger partial charge in [-0.1, -0.05) is 24.3 Å². The van der Waals surface area contributed by atoms with Gasteiger partial charge in [0.1, 0.15) is 5.82 Å². The average molecular weight is 443 g/mol. The van der Waals surface area contributed by atoms with Crippen molar-refractivity contribution < 1.29 is 23.5 Å². The van der Waals surface area contributed by atoms with E-state index < -0.39 is 18.4 Å². The number of nitrogens with zero attached hydrogens (tertiary/aromatic N) is 1. The third-order valence-corrected chi connectivity index (χ3v) is 5.05. The Kier molecular flexibility index (Phi) is 9.51. The molecule has 0 unspecified atom stereocenters. The van der Waals surface area contributed by atoms with E-state index >= 15 is 0 Å². The second kappa shape index (κ2) is 12.3. The fraction of sp³-hybridized carbons (Fsp3) is 0.174. The zero-order valence-corrected chi connectivity index (χ0v) is 17.7. The van der Waals surface area contributed by atoms with Gasteiger partial charge in [-0.25, -0.2) is 9.18 Å². The summed E-state index contributed by atoms with van der Waals surface area (Å²) in [7, 11) is 0. The molecule has 162 valence electrons. The quantitative estimate of drug-likeness (QED) is 0.324. The van der Waals surface area contributed by atoms with E-state index in [9.17, 15) is 18.8 Å². The number of thioether (sulfide) groups is 1. The fourth-order valence-electron chi connectivity index (χ4n) is 2.52. The summed E-state index contributed by atoms with van der Waals surface area (Å²) in [5, 5.41) is 2.66. The highest BCUT2D eigenvalue weighted by Crippen LogP contribution is 2.23. The normalized spacial score (nSPS) is 10.1. The van der Waals surface area contributed by atoms with Crippen molar-refractivity contribution in [1.29, 1.82) is 0 Å². The van der Waals surface area contributed by atoms with E-state index in [0.717, 1.165) is 11.8 Å². The Morgan fingerprint density at radius 1 is 1.03 bits per heavy atom. The minimum absolute atomic E-state index is 0.0348. The lowest BCUT2D eigenvalue weighted by atomic mass is 10.2. The lowest BCUT2D eigenvalue weighted by Crippen LogP contribution is -2.35. The van der Waals surface area contributed by atoms with Gasteiger partial charge in [-0.3, -0.25) is 9.59 Å². The summed E-state index contributed by atoms with van der Waals surface area (Å²) in [6, 6.07) is 12.1. The number of anilines is 1. The van der Waals surface area contributed by atoms with E-state index in [1.54, 1.807) is 36.4 Å². The second-order valence-electron chi connectivity index (χ2n) is 6.29. The second-order valence-corrected chi connectivity index (χ2v) is 7.31. The van der Waals surface area contributed by atoms with Crippen LogP contribution in [-0.2, 0) is 14.3 Å². The maximum atomic E-state index is 13.0. The maximum absolute atomic E-state index is 13.0. The van der Waals surface area contributed by atoms with Crippen molar-refractivity contribution in [2.75, 3.05) is 30.8 Å². The first kappa shape index (κ1) is 23.9. The smallest absolute Gasteiger partial charge is 0.339 e. The molecule has 0 saturated carbocycles. The van der Waals surface area contributed by atoms with Crippen LogP contribution in [0, 0.1) is 5.82 Å². The average Bonchev–Trinajstić information content (AvgIpc) is 2.77. The number of carbonyl (C=O) groups excluding carboxylic acids is 3. The Labute approximate surface area is 184 Å². The molecule has 0 saturated heterocycles. The van der Waals surface area contributed by atoms with Crippen LogP contribution in [0.15, 0.2) is 78.7 Å². The number of rotatable bonds is 11. The third-order valence-electron chi connectivity index (χ3n) is 3.97. The Balaban J connectivity index is 1.94. The molecular weight excluding hydrogens is 419 g/mol. The summed E-state index contributed by atoms with van der Waals surface area (Å²) in [5.74, 6) is -1.69. The monoisotopic (exact) mass is 442 g/mol. The molecule has 0 atom stereocenters. The molecule has 0 heterocycles. The van der Waals surface area contributed by atoms with Crippen LogP contribution in [0.25, 0.3) is 0 Å². The van der Waals surface area contributed by atoms with Crippen molar-refractivity contribution in [3.63, 3.8) is 0 Å². The van der Waals surface area contributed by atoms with E-state index in [0.29, 0.717) is 23.7 Å². The van der Waals surface area contributed by atoms with Gasteiger partial charge in [0.15, 0.2) is 6.61 Å². The minimum atomic E-state index is -0.660. The zero-order chi connectivity index (χ0) is 22.6. The molecule has 0 aliphatic carbocycles. The van der Waals surface area contributed by atoms with Gasteiger partial charge in [-0.2, -0.15) is 0 Å². The number of carbonyl (C=O) groups is 3. The fourth-order valence-corrected chi connectivity index (χ4v) is 3.36. The van der Waals surface area contributed by atoms with E-state index in [4.69, 9.17) is 4.74 Å². The van der Waals surface area contributed by atoms with Crippen LogP contribution in [0.4, 0.5) is 10.1 Å². The first-order valence-corrected chi connectivity index (χ1v) is 10.4. The largest absolute Gasteiger partial charge is 0.452 e. The van der Waals surface area contributed by atoms with Crippen molar-refractivity contribution in [2.24, 2.45) is 0 Å². The number of amides is 2. The number of esters is 1. The predicted octanol–water partition coefficient (Wildman–Crippen LogP) is 3.91. The maximum Gasteiger partial charge on any atom is 0.339 e. The first-order valence-electron chi connectivity index (χ1n) is 9.38. The SMILES string of the molecule is C=CCN(CC=C)C(=O)COC(=O)c1ccccc1SCC(=O)Nc1ccc(F)cc1. The Bertz CT molecular complexity index is 937. The summed E-state index contributed by atoms with van der Waals surface area (Å²) < 4.78 is 18.1. The number of hydrogen-bond donors (Lipinski definition) is 1. The topological polar surface area (TPSA) is 75.7 Å². The number of halogens is 1. The molecule has 31 heavy (non-hydrogen) atoms. The molecule has 2 aromatic carbocycles. The lowest BCUT2D eigenvalue weighted by Gasteiger charge is -2.19. The molecule has 1 N–H and O–H groups in total. The summed E-state index contributed by atoms with van der Waals surface area (Å²) in [4.78, 5) is 38.9. The molecule has 0 aliphatic heterocycles. The predicted molar refractivity (Wildman–Crippen MR) is 119 cm³/mol. The van der Waals surface area contributed by atoms with Crippen LogP contribution < -0.4 is 5.32 Å². The van der Waals surface area contributed by atoms with Crippen LogP contribution in [0.5, 0.6) is 0 Å². The summed E-state index contributed by atoms with van der Waals surface area (Å²) in [6.45, 7) is 7.42. The van der Waals surface area contributed by atoms with Crippen molar-refractivity contribution in [2.45, 2.75) is 4.90 Å². The van der Waals surface area contributed by atoms with Crippen molar-refractivity contribution in [3.05, 3.63) is 85.2 Å². The van der Waals surface area contributed by atoms with Gasteiger partial charge in [0, 0.05) is 23.7 Å². The minimum Gasteiger partial charge on any atom is -0.452 e. The molecule has 0 fully saturated rings. The molecule has 2 aromatic rings. The number of benzene rings is 2. The lowest BCUT2D eigenvalue weighted by molar-refractivity contribution is -0.133. The highest BCUT2D eigenvalue weighted by molar-refractivity contribution is 8.00. The van der Waals surface area contributed by atoms with Crippen LogP contribution in [-0.4, -0.2) is 48.1 Å². The molecule has 2 amide bonds. The molecule has 8 heteroatoms. The Morgan fingerprint density at radius 2 is 1.68 bits per heavy atom. The highest BCUT2D eigenvalue weighted by atomic mass is 32.2. The highest BCUT2D eigenvalue weighted by Gasteiger charge is 2.18. The molecule has 0 aromatic heterocycles. The van der Waals surface area contributed by atoms with E-state index in [2.05, 4.69) is 18.5 Å². The number of hydrogen-bond acceptors (Lipinski definition) is 5.